The van der Waals surface area contributed by atoms with Crippen molar-refractivity contribution in [3.8, 4) is 11.5 Å². The second kappa shape index (κ2) is 13.2. The number of amides is 2. The average Bonchev–Trinajstić information content (AvgIpc) is 3.43. The van der Waals surface area contributed by atoms with Gasteiger partial charge in [-0.3, -0.25) is 9.59 Å². The maximum atomic E-state index is 12.7. The Morgan fingerprint density at radius 3 is 2.48 bits per heavy atom. The molecule has 0 aliphatic heterocycles. The number of anilines is 1. The van der Waals surface area contributed by atoms with E-state index >= 15 is 0 Å². The molecule has 0 saturated heterocycles. The molecule has 1 aromatic heterocycles. The number of hydrogen-bond donors (Lipinski definition) is 2. The van der Waals surface area contributed by atoms with Crippen molar-refractivity contribution < 1.29 is 23.5 Å². The van der Waals surface area contributed by atoms with Crippen molar-refractivity contribution in [1.82, 2.24) is 10.4 Å². The van der Waals surface area contributed by atoms with Gasteiger partial charge in [0.2, 0.25) is 0 Å². The normalized spacial score (nSPS) is 11.0. The van der Waals surface area contributed by atoms with Gasteiger partial charge in [0.25, 0.3) is 17.0 Å². The number of methoxy groups -OCH3 is 2. The number of nitrogens with zero attached hydrogens (tertiary/aromatic N) is 2. The van der Waals surface area contributed by atoms with Gasteiger partial charge < -0.3 is 19.2 Å². The van der Waals surface area contributed by atoms with E-state index in [1.165, 1.54) is 24.9 Å². The summed E-state index contributed by atoms with van der Waals surface area (Å²) in [5, 5.41) is 7.86. The van der Waals surface area contributed by atoms with Crippen LogP contribution in [0.4, 0.5) is 5.69 Å². The van der Waals surface area contributed by atoms with Crippen LogP contribution < -0.4 is 20.2 Å². The van der Waals surface area contributed by atoms with Crippen LogP contribution in [0.3, 0.4) is 0 Å². The molecule has 0 bridgehead atoms. The van der Waals surface area contributed by atoms with Crippen molar-refractivity contribution in [3.63, 3.8) is 0 Å². The van der Waals surface area contributed by atoms with Crippen LogP contribution in [0.5, 0.6) is 11.5 Å². The first-order chi connectivity index (χ1) is 20.4. The molecule has 212 valence electrons. The van der Waals surface area contributed by atoms with Crippen LogP contribution in [0.25, 0.3) is 11.1 Å². The van der Waals surface area contributed by atoms with Crippen molar-refractivity contribution in [2.75, 3.05) is 19.5 Å². The van der Waals surface area contributed by atoms with E-state index < -0.39 is 5.91 Å². The Hall–Kier alpha value is -4.80. The molecule has 11 heteroatoms. The molecule has 42 heavy (non-hydrogen) atoms. The summed E-state index contributed by atoms with van der Waals surface area (Å²) in [5.41, 5.74) is 6.94. The first kappa shape index (κ1) is 28.7. The summed E-state index contributed by atoms with van der Waals surface area (Å²) in [6, 6.07) is 24.4. The number of rotatable bonds is 10. The smallest absolute Gasteiger partial charge is 0.271 e. The Morgan fingerprint density at radius 1 is 0.952 bits per heavy atom. The van der Waals surface area contributed by atoms with Crippen LogP contribution in [-0.4, -0.2) is 37.2 Å². The number of nitrogens with one attached hydrogen (secondary N) is 2. The van der Waals surface area contributed by atoms with Gasteiger partial charge in [0, 0.05) is 27.6 Å². The largest absolute Gasteiger partial charge is 0.496 e. The molecular formula is C31H25ClN4O5S. The summed E-state index contributed by atoms with van der Waals surface area (Å²) in [5.74, 6) is 0.900. The average molecular weight is 601 g/mol. The van der Waals surface area contributed by atoms with E-state index in [1.807, 2.05) is 42.5 Å². The molecule has 0 saturated carbocycles. The van der Waals surface area contributed by atoms with Gasteiger partial charge in [-0.05, 0) is 78.4 Å². The van der Waals surface area contributed by atoms with Crippen LogP contribution in [0.15, 0.2) is 99.7 Å². The molecule has 5 rings (SSSR count). The minimum absolute atomic E-state index is 0.299. The maximum absolute atomic E-state index is 12.7. The summed E-state index contributed by atoms with van der Waals surface area (Å²) in [4.78, 5) is 29.8. The van der Waals surface area contributed by atoms with E-state index in [4.69, 9.17) is 25.5 Å². The zero-order valence-corrected chi connectivity index (χ0v) is 24.2. The second-order valence-electron chi connectivity index (χ2n) is 8.88. The third kappa shape index (κ3) is 6.91. The number of benzene rings is 4. The van der Waals surface area contributed by atoms with E-state index in [1.54, 1.807) is 49.7 Å². The number of aromatic nitrogens is 1. The highest BCUT2D eigenvalue weighted by molar-refractivity contribution is 7.98. The standard InChI is InChI=1S/C31H25ClN4O5S/c1-39-26-13-7-19(15-21(26)18-42-31-35-25-5-3-4-6-28(25)41-31)17-33-36-29(37)20-8-11-23(12-9-20)34-30(38)24-16-22(32)10-14-27(24)40-2/h3-17H,18H2,1-2H3,(H,34,38)(H,36,37)/b33-17-. The highest BCUT2D eigenvalue weighted by atomic mass is 35.5. The van der Waals surface area contributed by atoms with Gasteiger partial charge in [-0.1, -0.05) is 35.5 Å². The van der Waals surface area contributed by atoms with Crippen molar-refractivity contribution in [2.45, 2.75) is 11.0 Å². The van der Waals surface area contributed by atoms with Crippen LogP contribution in [0, 0.1) is 0 Å². The third-order valence-corrected chi connectivity index (χ3v) is 7.23. The molecule has 0 atom stereocenters. The van der Waals surface area contributed by atoms with E-state index in [-0.39, 0.29) is 5.91 Å². The second-order valence-corrected chi connectivity index (χ2v) is 10.2. The molecule has 0 fully saturated rings. The molecule has 9 nitrogen and oxygen atoms in total. The fourth-order valence-electron chi connectivity index (χ4n) is 4.03. The Bertz CT molecular complexity index is 1740. The highest BCUT2D eigenvalue weighted by Gasteiger charge is 2.14. The zero-order valence-electron chi connectivity index (χ0n) is 22.6. The predicted octanol–water partition coefficient (Wildman–Crippen LogP) is 6.81. The van der Waals surface area contributed by atoms with Crippen molar-refractivity contribution in [3.05, 3.63) is 112 Å². The SMILES string of the molecule is COc1ccc(/C=N\NC(=O)c2ccc(NC(=O)c3cc(Cl)ccc3OC)cc2)cc1CSc1nc2ccccc2o1. The Labute approximate surface area is 250 Å². The van der Waals surface area contributed by atoms with Crippen molar-refractivity contribution >= 4 is 58.2 Å². The topological polar surface area (TPSA) is 115 Å². The Morgan fingerprint density at radius 2 is 1.71 bits per heavy atom. The van der Waals surface area contributed by atoms with Gasteiger partial charge in [0.05, 0.1) is 26.0 Å². The van der Waals surface area contributed by atoms with Gasteiger partial charge in [-0.2, -0.15) is 5.10 Å². The summed E-state index contributed by atoms with van der Waals surface area (Å²) in [7, 11) is 3.09. The number of carbonyl (C=O) groups is 2. The fourth-order valence-corrected chi connectivity index (χ4v) is 5.02. The summed E-state index contributed by atoms with van der Waals surface area (Å²) in [6.07, 6.45) is 1.55. The number of oxazole rings is 1. The monoisotopic (exact) mass is 600 g/mol. The number of ether oxygens (including phenoxy) is 2. The van der Waals surface area contributed by atoms with Gasteiger partial charge >= 0.3 is 0 Å². The predicted molar refractivity (Wildman–Crippen MR) is 164 cm³/mol. The number of para-hydroxylation sites is 2. The van der Waals surface area contributed by atoms with Gasteiger partial charge in [-0.25, -0.2) is 10.4 Å². The molecule has 0 aliphatic carbocycles. The van der Waals surface area contributed by atoms with Crippen molar-refractivity contribution in [2.24, 2.45) is 5.10 Å². The minimum Gasteiger partial charge on any atom is -0.496 e. The van der Waals surface area contributed by atoms with Crippen LogP contribution in [0.1, 0.15) is 31.8 Å². The van der Waals surface area contributed by atoms with E-state index in [2.05, 4.69) is 20.8 Å². The van der Waals surface area contributed by atoms with E-state index in [0.29, 0.717) is 38.6 Å². The Kier molecular flexibility index (Phi) is 9.05. The number of hydrogen-bond acceptors (Lipinski definition) is 8. The lowest BCUT2D eigenvalue weighted by atomic mass is 10.1. The maximum Gasteiger partial charge on any atom is 0.271 e. The van der Waals surface area contributed by atoms with Gasteiger partial charge in [0.15, 0.2) is 5.58 Å². The molecule has 0 aliphatic rings. The molecule has 0 radical (unpaired) electrons. The van der Waals surface area contributed by atoms with Crippen molar-refractivity contribution in [1.29, 1.82) is 0 Å². The summed E-state index contributed by atoms with van der Waals surface area (Å²) in [6.45, 7) is 0. The lowest BCUT2D eigenvalue weighted by Crippen LogP contribution is -2.18. The molecular weight excluding hydrogens is 576 g/mol. The van der Waals surface area contributed by atoms with Crippen LogP contribution in [0.2, 0.25) is 5.02 Å². The number of fused-ring (bicyclic) bond motifs is 1. The van der Waals surface area contributed by atoms with Crippen LogP contribution >= 0.6 is 23.4 Å². The minimum atomic E-state index is -0.402. The lowest BCUT2D eigenvalue weighted by Gasteiger charge is -2.10. The molecule has 2 amide bonds. The molecule has 0 spiro atoms. The fraction of sp³-hybridized carbons (Fsp3) is 0.0968. The number of thioether (sulfide) groups is 1. The van der Waals surface area contributed by atoms with E-state index in [0.717, 1.165) is 28.0 Å². The number of hydrazone groups is 1. The van der Waals surface area contributed by atoms with Crippen LogP contribution in [-0.2, 0) is 5.75 Å². The first-order valence-corrected chi connectivity index (χ1v) is 14.0. The summed E-state index contributed by atoms with van der Waals surface area (Å²) < 4.78 is 16.5. The molecule has 1 heterocycles. The molecule has 4 aromatic carbocycles. The van der Waals surface area contributed by atoms with Gasteiger partial charge in [0.1, 0.15) is 17.0 Å². The third-order valence-electron chi connectivity index (χ3n) is 6.12. The summed E-state index contributed by atoms with van der Waals surface area (Å²) >= 11 is 7.48. The first-order valence-electron chi connectivity index (χ1n) is 12.7. The Balaban J connectivity index is 1.18. The zero-order chi connectivity index (χ0) is 29.5. The number of halogens is 1. The van der Waals surface area contributed by atoms with E-state index in [9.17, 15) is 9.59 Å². The molecule has 5 aromatic rings. The molecule has 2 N–H and O–H groups in total. The van der Waals surface area contributed by atoms with Gasteiger partial charge in [-0.15, -0.1) is 0 Å². The lowest BCUT2D eigenvalue weighted by molar-refractivity contribution is 0.0954. The molecule has 0 unspecified atom stereocenters. The number of carbonyl (C=O) groups excluding carboxylic acids is 2. The highest BCUT2D eigenvalue weighted by Crippen LogP contribution is 2.30. The quantitative estimate of drug-likeness (QED) is 0.103.